The Labute approximate surface area is 116 Å². The molecule has 0 saturated heterocycles. The molecule has 0 radical (unpaired) electrons. The van der Waals surface area contributed by atoms with Crippen LogP contribution in [0.3, 0.4) is 0 Å². The monoisotopic (exact) mass is 308 g/mol. The van der Waals surface area contributed by atoms with Crippen LogP contribution < -0.4 is 5.32 Å². The van der Waals surface area contributed by atoms with Crippen LogP contribution in [0.25, 0.3) is 0 Å². The van der Waals surface area contributed by atoms with Gasteiger partial charge in [-0.15, -0.1) is 11.3 Å². The van der Waals surface area contributed by atoms with Crippen LogP contribution in [-0.4, -0.2) is 41.3 Å². The fourth-order valence-electron chi connectivity index (χ4n) is 2.08. The van der Waals surface area contributed by atoms with Gasteiger partial charge in [-0.2, -0.15) is 13.2 Å². The number of carboxylic acids is 1. The SMILES string of the molecule is O=C(O)C1c2ccsc2CCN1C(=O)NCC(F)(F)F. The summed E-state index contributed by atoms with van der Waals surface area (Å²) in [6.07, 6.45) is -4.09. The second-order valence-electron chi connectivity index (χ2n) is 4.26. The smallest absolute Gasteiger partial charge is 0.405 e. The zero-order valence-electron chi connectivity index (χ0n) is 10.1. The average Bonchev–Trinajstić information content (AvgIpc) is 2.81. The lowest BCUT2D eigenvalue weighted by Gasteiger charge is -2.33. The number of rotatable bonds is 2. The van der Waals surface area contributed by atoms with Gasteiger partial charge in [0.25, 0.3) is 0 Å². The zero-order valence-corrected chi connectivity index (χ0v) is 10.9. The van der Waals surface area contributed by atoms with Gasteiger partial charge in [0.1, 0.15) is 6.54 Å². The third-order valence-corrected chi connectivity index (χ3v) is 3.90. The van der Waals surface area contributed by atoms with E-state index in [0.29, 0.717) is 12.0 Å². The third kappa shape index (κ3) is 3.03. The fourth-order valence-corrected chi connectivity index (χ4v) is 2.98. The number of carboxylic acid groups (broad SMARTS) is 1. The van der Waals surface area contributed by atoms with Crippen molar-refractivity contribution >= 4 is 23.3 Å². The van der Waals surface area contributed by atoms with E-state index in [2.05, 4.69) is 0 Å². The number of fused-ring (bicyclic) bond motifs is 1. The summed E-state index contributed by atoms with van der Waals surface area (Å²) in [6.45, 7) is -1.40. The molecule has 1 aliphatic rings. The van der Waals surface area contributed by atoms with Crippen LogP contribution in [0.2, 0.25) is 0 Å². The minimum absolute atomic E-state index is 0.0776. The van der Waals surface area contributed by atoms with E-state index in [9.17, 15) is 27.9 Å². The molecule has 1 aromatic rings. The quantitative estimate of drug-likeness (QED) is 0.878. The number of nitrogens with one attached hydrogen (secondary N) is 1. The molecule has 0 aromatic carbocycles. The van der Waals surface area contributed by atoms with Crippen LogP contribution in [0.1, 0.15) is 16.5 Å². The molecule has 2 rings (SSSR count). The van der Waals surface area contributed by atoms with E-state index in [1.807, 2.05) is 0 Å². The summed E-state index contributed by atoms with van der Waals surface area (Å²) in [5.74, 6) is -1.26. The Balaban J connectivity index is 2.15. The van der Waals surface area contributed by atoms with Crippen LogP contribution in [0.15, 0.2) is 11.4 Å². The zero-order chi connectivity index (χ0) is 14.9. The summed E-state index contributed by atoms with van der Waals surface area (Å²) in [5.41, 5.74) is 0.468. The molecule has 0 bridgehead atoms. The van der Waals surface area contributed by atoms with Crippen molar-refractivity contribution in [3.8, 4) is 0 Å². The molecule has 1 aromatic heterocycles. The van der Waals surface area contributed by atoms with Gasteiger partial charge in [-0.05, 0) is 23.4 Å². The van der Waals surface area contributed by atoms with Crippen LogP contribution >= 0.6 is 11.3 Å². The van der Waals surface area contributed by atoms with Crippen LogP contribution in [0, 0.1) is 0 Å². The van der Waals surface area contributed by atoms with Gasteiger partial charge >= 0.3 is 18.2 Å². The van der Waals surface area contributed by atoms with Gasteiger partial charge in [0, 0.05) is 11.4 Å². The summed E-state index contributed by atoms with van der Waals surface area (Å²) in [6, 6.07) is -0.674. The number of thiophene rings is 1. The minimum Gasteiger partial charge on any atom is -0.479 e. The lowest BCUT2D eigenvalue weighted by molar-refractivity contribution is -0.142. The van der Waals surface area contributed by atoms with E-state index in [1.165, 1.54) is 11.3 Å². The Morgan fingerprint density at radius 3 is 2.80 bits per heavy atom. The molecule has 2 amide bonds. The Bertz CT molecular complexity index is 529. The maximum absolute atomic E-state index is 12.1. The van der Waals surface area contributed by atoms with E-state index in [0.717, 1.165) is 9.78 Å². The van der Waals surface area contributed by atoms with Crippen LogP contribution in [0.4, 0.5) is 18.0 Å². The highest BCUT2D eigenvalue weighted by atomic mass is 32.1. The minimum atomic E-state index is -4.53. The molecule has 0 saturated carbocycles. The summed E-state index contributed by atoms with van der Waals surface area (Å²) in [5, 5.41) is 12.6. The van der Waals surface area contributed by atoms with E-state index >= 15 is 0 Å². The topological polar surface area (TPSA) is 69.6 Å². The Morgan fingerprint density at radius 1 is 1.50 bits per heavy atom. The summed E-state index contributed by atoms with van der Waals surface area (Å²) < 4.78 is 36.2. The van der Waals surface area contributed by atoms with Crippen molar-refractivity contribution in [2.24, 2.45) is 0 Å². The number of aliphatic carboxylic acids is 1. The fraction of sp³-hybridized carbons (Fsp3) is 0.455. The Morgan fingerprint density at radius 2 is 2.20 bits per heavy atom. The van der Waals surface area contributed by atoms with Crippen molar-refractivity contribution in [1.82, 2.24) is 10.2 Å². The van der Waals surface area contributed by atoms with Gasteiger partial charge in [0.15, 0.2) is 6.04 Å². The number of nitrogens with zero attached hydrogens (tertiary/aromatic N) is 1. The number of hydrogen-bond acceptors (Lipinski definition) is 3. The van der Waals surface area contributed by atoms with E-state index in [-0.39, 0.29) is 6.54 Å². The van der Waals surface area contributed by atoms with Gasteiger partial charge in [0.05, 0.1) is 0 Å². The third-order valence-electron chi connectivity index (χ3n) is 2.90. The lowest BCUT2D eigenvalue weighted by atomic mass is 10.0. The number of carbonyl (C=O) groups is 2. The number of amides is 2. The molecule has 0 aliphatic carbocycles. The lowest BCUT2D eigenvalue weighted by Crippen LogP contribution is -2.49. The summed E-state index contributed by atoms with van der Waals surface area (Å²) in [4.78, 5) is 24.8. The molecular formula is C11H11F3N2O3S. The number of halogens is 3. The largest absolute Gasteiger partial charge is 0.479 e. The van der Waals surface area contributed by atoms with Crippen molar-refractivity contribution in [2.45, 2.75) is 18.6 Å². The predicted octanol–water partition coefficient (Wildman–Crippen LogP) is 2.00. The van der Waals surface area contributed by atoms with Gasteiger partial charge in [-0.25, -0.2) is 9.59 Å². The number of urea groups is 1. The predicted molar refractivity (Wildman–Crippen MR) is 64.6 cm³/mol. The second kappa shape index (κ2) is 5.31. The van der Waals surface area contributed by atoms with Crippen LogP contribution in [0.5, 0.6) is 0 Å². The number of hydrogen-bond donors (Lipinski definition) is 2. The molecule has 0 spiro atoms. The number of carbonyl (C=O) groups excluding carboxylic acids is 1. The maximum Gasteiger partial charge on any atom is 0.405 e. The van der Waals surface area contributed by atoms with Crippen molar-refractivity contribution in [3.63, 3.8) is 0 Å². The molecule has 1 unspecified atom stereocenters. The highest BCUT2D eigenvalue weighted by Gasteiger charge is 2.38. The second-order valence-corrected chi connectivity index (χ2v) is 5.26. The van der Waals surface area contributed by atoms with Crippen molar-refractivity contribution < 1.29 is 27.9 Å². The number of alkyl halides is 3. The van der Waals surface area contributed by atoms with E-state index < -0.39 is 30.8 Å². The molecule has 5 nitrogen and oxygen atoms in total. The summed E-state index contributed by atoms with van der Waals surface area (Å²) >= 11 is 1.38. The first-order valence-electron chi connectivity index (χ1n) is 5.70. The Kier molecular flexibility index (Phi) is 3.89. The first-order chi connectivity index (χ1) is 9.29. The highest BCUT2D eigenvalue weighted by molar-refractivity contribution is 7.10. The van der Waals surface area contributed by atoms with Gasteiger partial charge in [-0.1, -0.05) is 0 Å². The van der Waals surface area contributed by atoms with Crippen molar-refractivity contribution in [1.29, 1.82) is 0 Å². The molecule has 1 aliphatic heterocycles. The maximum atomic E-state index is 12.1. The van der Waals surface area contributed by atoms with Gasteiger partial charge in [0.2, 0.25) is 0 Å². The summed E-state index contributed by atoms with van der Waals surface area (Å²) in [7, 11) is 0. The average molecular weight is 308 g/mol. The molecule has 1 atom stereocenters. The van der Waals surface area contributed by atoms with Crippen LogP contribution in [-0.2, 0) is 11.2 Å². The first kappa shape index (κ1) is 14.6. The normalized spacial score (nSPS) is 18.6. The molecule has 0 fully saturated rings. The van der Waals surface area contributed by atoms with Gasteiger partial charge < -0.3 is 15.3 Å². The Hall–Kier alpha value is -1.77. The molecule has 110 valence electrons. The highest BCUT2D eigenvalue weighted by Crippen LogP contribution is 2.33. The van der Waals surface area contributed by atoms with E-state index in [4.69, 9.17) is 0 Å². The van der Waals surface area contributed by atoms with Crippen molar-refractivity contribution in [3.05, 3.63) is 21.9 Å². The standard InChI is InChI=1S/C11H11F3N2O3S/c12-11(13,14)5-15-10(19)16-3-1-7-6(2-4-20-7)8(16)9(17)18/h2,4,8H,1,3,5H2,(H,15,19)(H,17,18). The van der Waals surface area contributed by atoms with Gasteiger partial charge in [-0.3, -0.25) is 0 Å². The molecule has 2 N–H and O–H groups in total. The molecular weight excluding hydrogens is 297 g/mol. The first-order valence-corrected chi connectivity index (χ1v) is 6.58. The molecule has 9 heteroatoms. The van der Waals surface area contributed by atoms with Crippen molar-refractivity contribution in [2.75, 3.05) is 13.1 Å². The molecule has 20 heavy (non-hydrogen) atoms. The molecule has 2 heterocycles. The van der Waals surface area contributed by atoms with E-state index in [1.54, 1.807) is 16.8 Å².